The molecule has 5 heteroatoms. The normalized spacial score (nSPS) is 28.6. The van der Waals surface area contributed by atoms with Gasteiger partial charge in [-0.3, -0.25) is 0 Å². The molecule has 2 rings (SSSR count). The maximum Gasteiger partial charge on any atom is 0.134 e. The number of halogens is 2. The van der Waals surface area contributed by atoms with Crippen molar-refractivity contribution in [2.24, 2.45) is 5.73 Å². The number of hydrogen-bond acceptors (Lipinski definition) is 3. The van der Waals surface area contributed by atoms with Crippen LogP contribution in [0.2, 0.25) is 0 Å². The molecule has 0 radical (unpaired) electrons. The van der Waals surface area contributed by atoms with Gasteiger partial charge in [0.1, 0.15) is 18.0 Å². The molecule has 88 valence electrons. The average Bonchev–Trinajstić information content (AvgIpc) is 2.21. The second kappa shape index (κ2) is 5.04. The van der Waals surface area contributed by atoms with Crippen LogP contribution < -0.4 is 10.5 Å². The second-order valence-electron chi connectivity index (χ2n) is 3.83. The first kappa shape index (κ1) is 12.4. The molecule has 0 aromatic heterocycles. The predicted molar refractivity (Wildman–Crippen MR) is 69.6 cm³/mol. The van der Waals surface area contributed by atoms with E-state index >= 15 is 0 Å². The van der Waals surface area contributed by atoms with Gasteiger partial charge >= 0.3 is 0 Å². The van der Waals surface area contributed by atoms with Crippen molar-refractivity contribution in [2.45, 2.75) is 24.7 Å². The quantitative estimate of drug-likeness (QED) is 0.911. The Bertz CT molecular complexity index is 386. The van der Waals surface area contributed by atoms with Gasteiger partial charge in [-0.15, -0.1) is 0 Å². The summed E-state index contributed by atoms with van der Waals surface area (Å²) in [5.74, 6) is 0.821. The fourth-order valence-electron chi connectivity index (χ4n) is 1.79. The van der Waals surface area contributed by atoms with Gasteiger partial charge in [0.2, 0.25) is 0 Å². The minimum atomic E-state index is -0.00412. The lowest BCUT2D eigenvalue weighted by molar-refractivity contribution is -0.0784. The largest absolute Gasteiger partial charge is 0.486 e. The summed E-state index contributed by atoms with van der Waals surface area (Å²) in [5.41, 5.74) is 5.82. The van der Waals surface area contributed by atoms with Gasteiger partial charge in [0.15, 0.2) is 0 Å². The van der Waals surface area contributed by atoms with Crippen molar-refractivity contribution in [1.82, 2.24) is 0 Å². The summed E-state index contributed by atoms with van der Waals surface area (Å²) >= 11 is 6.86. The predicted octanol–water partition coefficient (Wildman–Crippen LogP) is 2.71. The van der Waals surface area contributed by atoms with Crippen LogP contribution in [0, 0.1) is 0 Å². The van der Waals surface area contributed by atoms with E-state index in [4.69, 9.17) is 15.2 Å². The molecule has 3 nitrogen and oxygen atoms in total. The molecule has 0 saturated heterocycles. The fourth-order valence-corrected chi connectivity index (χ4v) is 2.93. The number of nitrogens with two attached hydrogens (primary N) is 1. The lowest BCUT2D eigenvalue weighted by Crippen LogP contribution is -2.59. The minimum Gasteiger partial charge on any atom is -0.486 e. The van der Waals surface area contributed by atoms with E-state index in [0.29, 0.717) is 0 Å². The maximum absolute atomic E-state index is 5.84. The molecule has 16 heavy (non-hydrogen) atoms. The van der Waals surface area contributed by atoms with E-state index < -0.39 is 0 Å². The molecule has 2 N–H and O–H groups in total. The van der Waals surface area contributed by atoms with Crippen LogP contribution in [0.25, 0.3) is 0 Å². The third-order valence-corrected chi connectivity index (χ3v) is 3.85. The molecule has 3 unspecified atom stereocenters. The first-order chi connectivity index (χ1) is 7.61. The van der Waals surface area contributed by atoms with Gasteiger partial charge in [0.25, 0.3) is 0 Å². The van der Waals surface area contributed by atoms with Crippen LogP contribution in [0.15, 0.2) is 27.1 Å². The lowest BCUT2D eigenvalue weighted by Gasteiger charge is -2.41. The summed E-state index contributed by atoms with van der Waals surface area (Å²) in [6.07, 6.45) is 0.883. The van der Waals surface area contributed by atoms with E-state index in [1.165, 1.54) is 0 Å². The Morgan fingerprint density at radius 3 is 2.69 bits per heavy atom. The van der Waals surface area contributed by atoms with Crippen LogP contribution in [0.4, 0.5) is 0 Å². The zero-order valence-electron chi connectivity index (χ0n) is 8.82. The molecular weight excluding hydrogens is 338 g/mol. The zero-order valence-corrected chi connectivity index (χ0v) is 12.0. The van der Waals surface area contributed by atoms with E-state index in [9.17, 15) is 0 Å². The van der Waals surface area contributed by atoms with Crippen molar-refractivity contribution in [3.8, 4) is 5.75 Å². The molecule has 0 amide bonds. The highest BCUT2D eigenvalue weighted by atomic mass is 79.9. The molecule has 0 spiro atoms. The summed E-state index contributed by atoms with van der Waals surface area (Å²) in [7, 11) is 1.66. The number of benzene rings is 1. The average molecular weight is 351 g/mol. The zero-order chi connectivity index (χ0) is 11.7. The van der Waals surface area contributed by atoms with E-state index in [1.54, 1.807) is 7.11 Å². The highest BCUT2D eigenvalue weighted by molar-refractivity contribution is 9.11. The lowest BCUT2D eigenvalue weighted by atomic mass is 9.86. The molecule has 0 heterocycles. The molecule has 1 aliphatic rings. The molecule has 0 aliphatic heterocycles. The second-order valence-corrected chi connectivity index (χ2v) is 5.60. The highest BCUT2D eigenvalue weighted by Crippen LogP contribution is 2.33. The molecule has 1 aromatic carbocycles. The van der Waals surface area contributed by atoms with Gasteiger partial charge < -0.3 is 15.2 Å². The standard InChI is InChI=1S/C11H13Br2NO2/c1-15-11-8(14)5-10(11)16-9-3-2-6(12)4-7(9)13/h2-4,8,10-11H,5,14H2,1H3. The smallest absolute Gasteiger partial charge is 0.134 e. The van der Waals surface area contributed by atoms with E-state index in [1.807, 2.05) is 18.2 Å². The minimum absolute atomic E-state index is 0.00412. The Hall–Kier alpha value is -0.100. The molecule has 3 atom stereocenters. The topological polar surface area (TPSA) is 44.5 Å². The Morgan fingerprint density at radius 1 is 1.38 bits per heavy atom. The summed E-state index contributed by atoms with van der Waals surface area (Å²) in [6.45, 7) is 0. The Balaban J connectivity index is 2.04. The first-order valence-corrected chi connectivity index (χ1v) is 6.60. The van der Waals surface area contributed by atoms with Gasteiger partial charge in [-0.1, -0.05) is 15.9 Å². The summed E-state index contributed by atoms with van der Waals surface area (Å²) < 4.78 is 13.1. The summed E-state index contributed by atoms with van der Waals surface area (Å²) in [6, 6.07) is 5.91. The van der Waals surface area contributed by atoms with Crippen molar-refractivity contribution in [1.29, 1.82) is 0 Å². The van der Waals surface area contributed by atoms with E-state index in [0.717, 1.165) is 21.1 Å². The number of ether oxygens (including phenoxy) is 2. The van der Waals surface area contributed by atoms with Crippen molar-refractivity contribution in [3.63, 3.8) is 0 Å². The summed E-state index contributed by atoms with van der Waals surface area (Å²) in [4.78, 5) is 0. The summed E-state index contributed by atoms with van der Waals surface area (Å²) in [5, 5.41) is 0. The number of methoxy groups -OCH3 is 1. The van der Waals surface area contributed by atoms with Crippen LogP contribution in [0.5, 0.6) is 5.75 Å². The van der Waals surface area contributed by atoms with Crippen LogP contribution in [-0.4, -0.2) is 25.4 Å². The third-order valence-electron chi connectivity index (χ3n) is 2.74. The molecule has 1 saturated carbocycles. The Kier molecular flexibility index (Phi) is 3.89. The fraction of sp³-hybridized carbons (Fsp3) is 0.455. The molecule has 1 aliphatic carbocycles. The van der Waals surface area contributed by atoms with Crippen molar-refractivity contribution in [3.05, 3.63) is 27.1 Å². The van der Waals surface area contributed by atoms with Crippen molar-refractivity contribution < 1.29 is 9.47 Å². The first-order valence-electron chi connectivity index (χ1n) is 5.02. The van der Waals surface area contributed by atoms with Crippen LogP contribution >= 0.6 is 31.9 Å². The van der Waals surface area contributed by atoms with Crippen LogP contribution in [0.1, 0.15) is 6.42 Å². The SMILES string of the molecule is COC1C(N)CC1Oc1ccc(Br)cc1Br. The van der Waals surface area contributed by atoms with Gasteiger partial charge in [0, 0.05) is 24.0 Å². The Morgan fingerprint density at radius 2 is 2.12 bits per heavy atom. The molecule has 1 aromatic rings. The van der Waals surface area contributed by atoms with Gasteiger partial charge in [-0.2, -0.15) is 0 Å². The third kappa shape index (κ3) is 2.42. The van der Waals surface area contributed by atoms with Gasteiger partial charge in [-0.05, 0) is 34.1 Å². The van der Waals surface area contributed by atoms with Gasteiger partial charge in [0.05, 0.1) is 4.47 Å². The van der Waals surface area contributed by atoms with E-state index in [-0.39, 0.29) is 18.2 Å². The molecule has 1 fully saturated rings. The monoisotopic (exact) mass is 349 g/mol. The van der Waals surface area contributed by atoms with Crippen LogP contribution in [-0.2, 0) is 4.74 Å². The van der Waals surface area contributed by atoms with Crippen molar-refractivity contribution in [2.75, 3.05) is 7.11 Å². The number of hydrogen-bond donors (Lipinski definition) is 1. The molecular formula is C11H13Br2NO2. The van der Waals surface area contributed by atoms with Gasteiger partial charge in [-0.25, -0.2) is 0 Å². The van der Waals surface area contributed by atoms with Crippen LogP contribution in [0.3, 0.4) is 0 Å². The van der Waals surface area contributed by atoms with Crippen molar-refractivity contribution >= 4 is 31.9 Å². The Labute approximate surface area is 112 Å². The van der Waals surface area contributed by atoms with E-state index in [2.05, 4.69) is 31.9 Å². The maximum atomic E-state index is 5.84. The highest BCUT2D eigenvalue weighted by Gasteiger charge is 2.41. The molecule has 0 bridgehead atoms. The number of rotatable bonds is 3.